The molecule has 57 heavy (non-hydrogen) atoms. The van der Waals surface area contributed by atoms with E-state index in [1.54, 1.807) is 0 Å². The number of fused-ring (bicyclic) bond motifs is 4. The van der Waals surface area contributed by atoms with Crippen LogP contribution in [-0.2, 0) is 31.9 Å². The molecule has 0 aliphatic carbocycles. The maximum absolute atomic E-state index is 5.45. The van der Waals surface area contributed by atoms with Crippen LogP contribution in [0.3, 0.4) is 0 Å². The van der Waals surface area contributed by atoms with E-state index in [1.807, 2.05) is 24.4 Å². The van der Waals surface area contributed by atoms with E-state index in [4.69, 9.17) is 15.0 Å². The van der Waals surface area contributed by atoms with Gasteiger partial charge in [-0.3, -0.25) is 4.98 Å². The number of aromatic nitrogens is 3. The van der Waals surface area contributed by atoms with Gasteiger partial charge in [0.15, 0.2) is 0 Å². The van der Waals surface area contributed by atoms with Crippen molar-refractivity contribution in [2.24, 2.45) is 0 Å². The van der Waals surface area contributed by atoms with Gasteiger partial charge in [-0.1, -0.05) is 151 Å². The van der Waals surface area contributed by atoms with Gasteiger partial charge in [0, 0.05) is 11.6 Å². The zero-order chi connectivity index (χ0) is 38.6. The summed E-state index contributed by atoms with van der Waals surface area (Å²) in [7, 11) is 0. The standard InChI is InChI=1S/C52H44N4.Pt/c1-51(2,3)38-28-36(29-39(33-38)52(4,5)6)37-31-46(54-47(32-37)44-23-15-22-43-42-21-9-10-24-45(42)55-50(43)44)35-18-13-19-40(30-35)56(49-26-11-12-27-53-49)48-25-14-17-34-16-7-8-20-41(34)48;/h7-29,31-33H,1-6H3;/q-2;+2. The number of anilines is 3. The normalized spacial score (nSPS) is 11.9. The molecule has 6 aromatic carbocycles. The fourth-order valence-electron chi connectivity index (χ4n) is 7.64. The van der Waals surface area contributed by atoms with Crippen LogP contribution in [0.25, 0.3) is 66.2 Å². The second kappa shape index (κ2) is 14.9. The Kier molecular flexibility index (Phi) is 9.96. The number of rotatable bonds is 6. The van der Waals surface area contributed by atoms with Crippen molar-refractivity contribution in [2.75, 3.05) is 4.90 Å². The molecule has 0 bridgehead atoms. The second-order valence-electron chi connectivity index (χ2n) is 16.7. The molecule has 0 saturated carbocycles. The predicted molar refractivity (Wildman–Crippen MR) is 235 cm³/mol. The van der Waals surface area contributed by atoms with E-state index in [1.165, 1.54) is 16.7 Å². The van der Waals surface area contributed by atoms with Gasteiger partial charge in [-0.05, 0) is 90.5 Å². The first-order valence-corrected chi connectivity index (χ1v) is 19.4. The molecule has 0 saturated heterocycles. The molecule has 0 aliphatic rings. The van der Waals surface area contributed by atoms with Crippen molar-refractivity contribution in [3.8, 4) is 33.6 Å². The third-order valence-corrected chi connectivity index (χ3v) is 10.7. The zero-order valence-corrected chi connectivity index (χ0v) is 35.4. The molecule has 0 fully saturated rings. The molecule has 0 atom stereocenters. The van der Waals surface area contributed by atoms with E-state index < -0.39 is 0 Å². The van der Waals surface area contributed by atoms with Crippen LogP contribution in [0.5, 0.6) is 0 Å². The van der Waals surface area contributed by atoms with Crippen molar-refractivity contribution in [1.82, 2.24) is 15.0 Å². The maximum Gasteiger partial charge on any atom is 2.00 e. The first-order valence-electron chi connectivity index (χ1n) is 19.4. The summed E-state index contributed by atoms with van der Waals surface area (Å²) in [6.45, 7) is 13.7. The molecule has 0 unspecified atom stereocenters. The molecular weight excluding hydrogens is 876 g/mol. The summed E-state index contributed by atoms with van der Waals surface area (Å²) < 4.78 is 0. The van der Waals surface area contributed by atoms with E-state index in [0.717, 1.165) is 77.8 Å². The Hall–Kier alpha value is -5.83. The third kappa shape index (κ3) is 7.31. The van der Waals surface area contributed by atoms with E-state index in [0.29, 0.717) is 0 Å². The number of hydrogen-bond donors (Lipinski definition) is 0. The Labute approximate surface area is 349 Å². The first-order chi connectivity index (χ1) is 27.0. The molecule has 4 nitrogen and oxygen atoms in total. The topological polar surface area (TPSA) is 43.1 Å². The molecule has 5 heteroatoms. The Morgan fingerprint density at radius 3 is 1.95 bits per heavy atom. The molecule has 0 radical (unpaired) electrons. The van der Waals surface area contributed by atoms with Crippen LogP contribution in [-0.4, -0.2) is 9.97 Å². The molecular formula is C52H44N4Pt. The van der Waals surface area contributed by atoms with Crippen molar-refractivity contribution in [2.45, 2.75) is 52.4 Å². The van der Waals surface area contributed by atoms with Crippen molar-refractivity contribution < 1.29 is 21.1 Å². The van der Waals surface area contributed by atoms with Gasteiger partial charge in [0.2, 0.25) is 0 Å². The predicted octanol–water partition coefficient (Wildman–Crippen LogP) is 13.8. The molecule has 9 rings (SSSR count). The van der Waals surface area contributed by atoms with Crippen molar-refractivity contribution in [3.05, 3.63) is 175 Å². The van der Waals surface area contributed by atoms with Crippen LogP contribution in [0, 0.1) is 6.07 Å². The Bertz CT molecular complexity index is 2860. The van der Waals surface area contributed by atoms with E-state index >= 15 is 0 Å². The Morgan fingerprint density at radius 1 is 0.561 bits per heavy atom. The minimum atomic E-state index is -0.0295. The average molecular weight is 920 g/mol. The van der Waals surface area contributed by atoms with Crippen molar-refractivity contribution >= 4 is 49.8 Å². The van der Waals surface area contributed by atoms with Crippen molar-refractivity contribution in [3.63, 3.8) is 0 Å². The van der Waals surface area contributed by atoms with Gasteiger partial charge in [0.25, 0.3) is 0 Å². The molecule has 3 heterocycles. The number of benzene rings is 6. The second-order valence-corrected chi connectivity index (χ2v) is 16.7. The van der Waals surface area contributed by atoms with Crippen LogP contribution in [0.15, 0.2) is 158 Å². The number of hydrogen-bond acceptors (Lipinski definition) is 3. The minimum Gasteiger partial charge on any atom is -0.656 e. The van der Waals surface area contributed by atoms with Crippen molar-refractivity contribution in [1.29, 1.82) is 0 Å². The van der Waals surface area contributed by atoms with Gasteiger partial charge in [-0.2, -0.15) is 0 Å². The summed E-state index contributed by atoms with van der Waals surface area (Å²) in [6.07, 6.45) is 1.84. The smallest absolute Gasteiger partial charge is 0.656 e. The minimum absolute atomic E-state index is 0. The Balaban J connectivity index is 0.00000455. The van der Waals surface area contributed by atoms with Gasteiger partial charge in [0.1, 0.15) is 5.82 Å². The first kappa shape index (κ1) is 38.1. The average Bonchev–Trinajstić information content (AvgIpc) is 3.60. The van der Waals surface area contributed by atoms with Crippen LogP contribution in [0.1, 0.15) is 52.7 Å². The van der Waals surface area contributed by atoms with E-state index in [2.05, 4.69) is 186 Å². The van der Waals surface area contributed by atoms with E-state index in [-0.39, 0.29) is 31.9 Å². The van der Waals surface area contributed by atoms with Gasteiger partial charge < -0.3 is 9.88 Å². The summed E-state index contributed by atoms with van der Waals surface area (Å²) >= 11 is 0. The molecule has 0 aliphatic heterocycles. The zero-order valence-electron chi connectivity index (χ0n) is 33.1. The summed E-state index contributed by atoms with van der Waals surface area (Å²) in [5.41, 5.74) is 12.3. The number of para-hydroxylation sites is 2. The maximum atomic E-state index is 5.45. The molecule has 0 amide bonds. The third-order valence-electron chi connectivity index (χ3n) is 10.7. The summed E-state index contributed by atoms with van der Waals surface area (Å²) in [5, 5.41) is 4.58. The molecule has 9 aromatic rings. The fraction of sp³-hybridized carbons (Fsp3) is 0.154. The molecule has 3 aromatic heterocycles. The number of nitrogens with zero attached hydrogens (tertiary/aromatic N) is 4. The quantitative estimate of drug-likeness (QED) is 0.156. The SMILES string of the molecule is CC(C)(C)c1cc(-c2cc(-c3[c-]c(N(c4ccccn4)c4cccc5ccccc45)ccc3)nc(-c3cccc4c3[n-]c3ccccc34)c2)cc(C(C)(C)C)c1.[Pt+2]. The van der Waals surface area contributed by atoms with Gasteiger partial charge in [-0.15, -0.1) is 40.9 Å². The number of pyridine rings is 2. The summed E-state index contributed by atoms with van der Waals surface area (Å²) in [5.74, 6) is 0.814. The van der Waals surface area contributed by atoms with Crippen LogP contribution >= 0.6 is 0 Å². The van der Waals surface area contributed by atoms with Crippen LogP contribution in [0.2, 0.25) is 0 Å². The van der Waals surface area contributed by atoms with Gasteiger partial charge >= 0.3 is 21.1 Å². The summed E-state index contributed by atoms with van der Waals surface area (Å²) in [4.78, 5) is 17.6. The van der Waals surface area contributed by atoms with Gasteiger partial charge in [0.05, 0.1) is 11.4 Å². The monoisotopic (exact) mass is 919 g/mol. The fourth-order valence-corrected chi connectivity index (χ4v) is 7.64. The van der Waals surface area contributed by atoms with Gasteiger partial charge in [-0.25, -0.2) is 4.98 Å². The molecule has 0 N–H and O–H groups in total. The molecule has 282 valence electrons. The molecule has 0 spiro atoms. The van der Waals surface area contributed by atoms with E-state index in [9.17, 15) is 0 Å². The van der Waals surface area contributed by atoms with Crippen LogP contribution in [0.4, 0.5) is 17.2 Å². The Morgan fingerprint density at radius 2 is 1.19 bits per heavy atom. The summed E-state index contributed by atoms with van der Waals surface area (Å²) in [6, 6.07) is 57.4. The largest absolute Gasteiger partial charge is 2.00 e. The van der Waals surface area contributed by atoms with Crippen LogP contribution < -0.4 is 9.88 Å².